The van der Waals surface area contributed by atoms with Gasteiger partial charge in [0.1, 0.15) is 6.21 Å². The van der Waals surface area contributed by atoms with Crippen LogP contribution in [0.2, 0.25) is 0 Å². The third-order valence-electron chi connectivity index (χ3n) is 4.18. The average molecular weight is 617 g/mol. The second kappa shape index (κ2) is 12.6. The Morgan fingerprint density at radius 3 is 2.38 bits per heavy atom. The van der Waals surface area contributed by atoms with Crippen LogP contribution in [0, 0.1) is 6.92 Å². The number of rotatable bonds is 7. The van der Waals surface area contributed by atoms with Gasteiger partial charge in [-0.2, -0.15) is 9.13 Å². The van der Waals surface area contributed by atoms with E-state index in [-0.39, 0.29) is 53.7 Å². The molecule has 0 atom stereocenters. The van der Waals surface area contributed by atoms with E-state index in [1.165, 1.54) is 6.21 Å². The number of carbonyl (C=O) groups is 1. The third-order valence-corrected chi connectivity index (χ3v) is 4.18. The van der Waals surface area contributed by atoms with Crippen molar-refractivity contribution in [2.24, 2.45) is 5.16 Å². The fourth-order valence-electron chi connectivity index (χ4n) is 2.71. The number of pyridine rings is 2. The maximum absolute atomic E-state index is 12.6. The molecule has 0 amide bonds. The Labute approximate surface area is 203 Å². The lowest BCUT2D eigenvalue weighted by molar-refractivity contribution is -0.788. The minimum Gasteiger partial charge on any atom is -1.00 e. The number of ether oxygens (including phenoxy) is 1. The first-order valence-electron chi connectivity index (χ1n) is 8.52. The summed E-state index contributed by atoms with van der Waals surface area (Å²) in [6, 6.07) is 16.7. The highest BCUT2D eigenvalue weighted by Crippen LogP contribution is 2.12. The molecule has 1 aromatic carbocycles. The molecule has 0 fully saturated rings. The first-order chi connectivity index (χ1) is 13.2. The molecule has 0 aliphatic rings. The minimum absolute atomic E-state index is 0. The standard InChI is InChI=1S/C21H20N3O3.2HI/c1-17-6-2-3-8-20(17)21(25)18-9-12-23(13-10-18)15-27-16-24-11-5-4-7-19(24)14-22-26;;/h2-14H,15-16H2,1H3;2*1H/q+1;;/p-1. The Bertz CT molecular complexity index is 963. The van der Waals surface area contributed by atoms with Gasteiger partial charge in [-0.3, -0.25) is 9.53 Å². The van der Waals surface area contributed by atoms with E-state index in [1.807, 2.05) is 77.1 Å². The predicted molar refractivity (Wildman–Crippen MR) is 98.4 cm³/mol. The van der Waals surface area contributed by atoms with Crippen molar-refractivity contribution in [1.82, 2.24) is 0 Å². The van der Waals surface area contributed by atoms with Gasteiger partial charge in [-0.05, 0) is 18.6 Å². The number of hydrogen-bond donors (Lipinski definition) is 1. The summed E-state index contributed by atoms with van der Waals surface area (Å²) in [5.74, 6) is 0.00828. The van der Waals surface area contributed by atoms with Gasteiger partial charge in [-0.25, -0.2) is 0 Å². The molecule has 0 saturated heterocycles. The Balaban J connectivity index is 0.00000210. The van der Waals surface area contributed by atoms with E-state index < -0.39 is 0 Å². The molecule has 1 N–H and O–H groups in total. The van der Waals surface area contributed by atoms with Gasteiger partial charge in [0.25, 0.3) is 13.5 Å². The second-order valence-corrected chi connectivity index (χ2v) is 6.05. The molecule has 0 aliphatic carbocycles. The highest BCUT2D eigenvalue weighted by molar-refractivity contribution is 6.09. The lowest BCUT2D eigenvalue weighted by Gasteiger charge is -2.04. The fourth-order valence-corrected chi connectivity index (χ4v) is 2.71. The van der Waals surface area contributed by atoms with Crippen molar-refractivity contribution in [2.45, 2.75) is 20.4 Å². The Morgan fingerprint density at radius 1 is 1.00 bits per heavy atom. The molecule has 2 heterocycles. The van der Waals surface area contributed by atoms with Crippen LogP contribution < -0.4 is 57.1 Å². The van der Waals surface area contributed by atoms with E-state index in [9.17, 15) is 4.79 Å². The number of benzene rings is 1. The van der Waals surface area contributed by atoms with Gasteiger partial charge in [0, 0.05) is 35.4 Å². The number of hydrogen-bond acceptors (Lipinski definition) is 4. The number of aryl methyl sites for hydroxylation is 1. The van der Waals surface area contributed by atoms with Crippen LogP contribution in [0.5, 0.6) is 0 Å². The maximum Gasteiger partial charge on any atom is 0.258 e. The second-order valence-electron chi connectivity index (χ2n) is 6.05. The lowest BCUT2D eigenvalue weighted by atomic mass is 10.0. The van der Waals surface area contributed by atoms with Gasteiger partial charge in [-0.1, -0.05) is 29.4 Å². The van der Waals surface area contributed by atoms with Crippen LogP contribution in [0.15, 0.2) is 78.3 Å². The number of ketones is 1. The summed E-state index contributed by atoms with van der Waals surface area (Å²) < 4.78 is 9.36. The van der Waals surface area contributed by atoms with Crippen molar-refractivity contribution >= 4 is 12.0 Å². The molecule has 0 spiro atoms. The minimum atomic E-state index is 0. The largest absolute Gasteiger partial charge is 1.00 e. The first-order valence-corrected chi connectivity index (χ1v) is 8.52. The van der Waals surface area contributed by atoms with Gasteiger partial charge in [-0.15, -0.1) is 0 Å². The van der Waals surface area contributed by atoms with E-state index in [2.05, 4.69) is 5.16 Å². The molecule has 6 nitrogen and oxygen atoms in total. The molecular weight excluding hydrogens is 596 g/mol. The van der Waals surface area contributed by atoms with E-state index in [4.69, 9.17) is 9.94 Å². The zero-order valence-electron chi connectivity index (χ0n) is 15.8. The van der Waals surface area contributed by atoms with Crippen molar-refractivity contribution in [3.8, 4) is 0 Å². The van der Waals surface area contributed by atoms with Crippen LogP contribution in [0.25, 0.3) is 0 Å². The highest BCUT2D eigenvalue weighted by Gasteiger charge is 2.13. The van der Waals surface area contributed by atoms with Crippen LogP contribution in [0.4, 0.5) is 0 Å². The summed E-state index contributed by atoms with van der Waals surface area (Å²) >= 11 is 0. The van der Waals surface area contributed by atoms with E-state index in [0.29, 0.717) is 24.6 Å². The summed E-state index contributed by atoms with van der Waals surface area (Å²) in [5, 5.41) is 11.8. The average Bonchev–Trinajstić information content (AvgIpc) is 2.70. The lowest BCUT2D eigenvalue weighted by Crippen LogP contribution is -3.00. The first kappa shape index (κ1) is 25.1. The predicted octanol–water partition coefficient (Wildman–Crippen LogP) is -3.75. The van der Waals surface area contributed by atoms with Crippen molar-refractivity contribution in [1.29, 1.82) is 0 Å². The Kier molecular flexibility index (Phi) is 10.9. The Morgan fingerprint density at radius 2 is 1.69 bits per heavy atom. The quantitative estimate of drug-likeness (QED) is 0.0741. The van der Waals surface area contributed by atoms with Crippen LogP contribution in [-0.4, -0.2) is 17.2 Å². The number of aromatic nitrogens is 2. The van der Waals surface area contributed by atoms with Gasteiger partial charge >= 0.3 is 0 Å². The molecule has 29 heavy (non-hydrogen) atoms. The van der Waals surface area contributed by atoms with Gasteiger partial charge < -0.3 is 53.2 Å². The fraction of sp³-hybridized carbons (Fsp3) is 0.143. The summed E-state index contributed by atoms with van der Waals surface area (Å²) in [5.41, 5.74) is 3.04. The molecule has 2 aromatic heterocycles. The van der Waals surface area contributed by atoms with Gasteiger partial charge in [0.2, 0.25) is 5.69 Å². The molecular formula is C21H21I2N3O3. The van der Waals surface area contributed by atoms with Crippen molar-refractivity contribution in [2.75, 3.05) is 0 Å². The number of oxime groups is 1. The van der Waals surface area contributed by atoms with Crippen LogP contribution in [-0.2, 0) is 18.2 Å². The van der Waals surface area contributed by atoms with Crippen LogP contribution >= 0.6 is 0 Å². The molecule has 8 heteroatoms. The van der Waals surface area contributed by atoms with Gasteiger partial charge in [0.15, 0.2) is 24.4 Å². The zero-order valence-corrected chi connectivity index (χ0v) is 20.1. The van der Waals surface area contributed by atoms with E-state index >= 15 is 0 Å². The van der Waals surface area contributed by atoms with Crippen molar-refractivity contribution < 1.29 is 71.8 Å². The zero-order chi connectivity index (χ0) is 19.1. The molecule has 152 valence electrons. The number of nitrogens with zero attached hydrogens (tertiary/aromatic N) is 3. The van der Waals surface area contributed by atoms with E-state index in [1.54, 1.807) is 12.1 Å². The van der Waals surface area contributed by atoms with Gasteiger partial charge in [0.05, 0.1) is 0 Å². The van der Waals surface area contributed by atoms with Crippen molar-refractivity contribution in [3.63, 3.8) is 0 Å². The topological polar surface area (TPSA) is 66.7 Å². The maximum atomic E-state index is 12.6. The third kappa shape index (κ3) is 6.82. The summed E-state index contributed by atoms with van der Waals surface area (Å²) in [7, 11) is 0. The van der Waals surface area contributed by atoms with Crippen LogP contribution in [0.3, 0.4) is 0 Å². The highest BCUT2D eigenvalue weighted by atomic mass is 127. The van der Waals surface area contributed by atoms with Crippen LogP contribution in [0.1, 0.15) is 27.2 Å². The Hall–Kier alpha value is -1.92. The SMILES string of the molecule is Cc1ccccc1C(=O)c1cc[n+](COC[n+]2ccccc2C=NO)cc1.[I-].[I-]. The molecule has 0 unspecified atom stereocenters. The molecule has 0 aliphatic heterocycles. The monoisotopic (exact) mass is 617 g/mol. The molecule has 0 radical (unpaired) electrons. The smallest absolute Gasteiger partial charge is 0.258 e. The normalized spacial score (nSPS) is 10.2. The molecule has 3 rings (SSSR count). The molecule has 0 saturated carbocycles. The number of halogens is 2. The summed E-state index contributed by atoms with van der Waals surface area (Å²) in [6.07, 6.45) is 6.82. The number of carbonyl (C=O) groups excluding carboxylic acids is 1. The summed E-state index contributed by atoms with van der Waals surface area (Å²) in [6.45, 7) is 2.57. The molecule has 3 aromatic rings. The summed E-state index contributed by atoms with van der Waals surface area (Å²) in [4.78, 5) is 12.6. The van der Waals surface area contributed by atoms with Crippen molar-refractivity contribution in [3.05, 3.63) is 95.6 Å². The molecule has 0 bridgehead atoms. The van der Waals surface area contributed by atoms with E-state index in [0.717, 1.165) is 11.3 Å².